The van der Waals surface area contributed by atoms with E-state index in [1.165, 1.54) is 0 Å². The van der Waals surface area contributed by atoms with E-state index < -0.39 is 11.2 Å². The molecule has 0 aliphatic carbocycles. The number of hydrogen-bond acceptors (Lipinski definition) is 4. The third kappa shape index (κ3) is 4.32. The van der Waals surface area contributed by atoms with E-state index >= 15 is 0 Å². The van der Waals surface area contributed by atoms with Crippen molar-refractivity contribution in [2.24, 2.45) is 0 Å². The van der Waals surface area contributed by atoms with Crippen molar-refractivity contribution in [3.05, 3.63) is 29.6 Å². The zero-order valence-electron chi connectivity index (χ0n) is 15.8. The molecule has 2 unspecified atom stereocenters. The Morgan fingerprint density at radius 3 is 2.52 bits per heavy atom. The number of hydrogen-bond donors (Lipinski definition) is 1. The van der Waals surface area contributed by atoms with Gasteiger partial charge in [-0.2, -0.15) is 0 Å². The van der Waals surface area contributed by atoms with E-state index in [1.54, 1.807) is 0 Å². The van der Waals surface area contributed by atoms with Gasteiger partial charge in [0.15, 0.2) is 0 Å². The van der Waals surface area contributed by atoms with Crippen LogP contribution in [0.2, 0.25) is 0 Å². The largest absolute Gasteiger partial charge is 0.444 e. The normalized spacial score (nSPS) is 29.4. The van der Waals surface area contributed by atoms with Gasteiger partial charge in [0.1, 0.15) is 5.60 Å². The molecule has 2 atom stereocenters. The van der Waals surface area contributed by atoms with Gasteiger partial charge in [0.05, 0.1) is 5.60 Å². The lowest BCUT2D eigenvalue weighted by atomic mass is 9.74. The summed E-state index contributed by atoms with van der Waals surface area (Å²) in [6, 6.07) is 6.03. The summed E-state index contributed by atoms with van der Waals surface area (Å²) in [5.41, 5.74) is 0.596. The van der Waals surface area contributed by atoms with Crippen molar-refractivity contribution in [3.8, 4) is 0 Å². The van der Waals surface area contributed by atoms with Crippen molar-refractivity contribution in [3.63, 3.8) is 0 Å². The molecule has 0 aromatic carbocycles. The maximum atomic E-state index is 12.7. The highest BCUT2D eigenvalue weighted by molar-refractivity contribution is 5.69. The predicted molar refractivity (Wildman–Crippen MR) is 96.4 cm³/mol. The fourth-order valence-electron chi connectivity index (χ4n) is 4.32. The molecule has 0 spiro atoms. The number of aryl methyl sites for hydroxylation is 1. The maximum absolute atomic E-state index is 12.7. The molecule has 5 heteroatoms. The number of nitrogens with zero attached hydrogens (tertiary/aromatic N) is 2. The second-order valence-electron chi connectivity index (χ2n) is 8.71. The third-order valence-electron chi connectivity index (χ3n) is 5.15. The van der Waals surface area contributed by atoms with Gasteiger partial charge in [-0.3, -0.25) is 4.98 Å². The highest BCUT2D eigenvalue weighted by Gasteiger charge is 2.48. The first-order valence-electron chi connectivity index (χ1n) is 9.31. The SMILES string of the molecule is Cc1cccc(CC2(O)CC3CCCC(C2)N3C(=O)OC(C)(C)C)n1. The second kappa shape index (κ2) is 6.60. The van der Waals surface area contributed by atoms with Crippen molar-refractivity contribution in [2.45, 2.75) is 89.5 Å². The van der Waals surface area contributed by atoms with Crippen LogP contribution in [0.15, 0.2) is 18.2 Å². The lowest BCUT2D eigenvalue weighted by molar-refractivity contribution is -0.0922. The van der Waals surface area contributed by atoms with Gasteiger partial charge in [-0.05, 0) is 71.9 Å². The third-order valence-corrected chi connectivity index (χ3v) is 5.15. The van der Waals surface area contributed by atoms with Gasteiger partial charge in [-0.1, -0.05) is 6.07 Å². The molecule has 138 valence electrons. The Morgan fingerprint density at radius 2 is 1.96 bits per heavy atom. The number of aliphatic hydroxyl groups is 1. The topological polar surface area (TPSA) is 62.7 Å². The van der Waals surface area contributed by atoms with Crippen LogP contribution in [-0.2, 0) is 11.2 Å². The van der Waals surface area contributed by atoms with Crippen LogP contribution < -0.4 is 0 Å². The van der Waals surface area contributed by atoms with Gasteiger partial charge < -0.3 is 14.7 Å². The molecule has 2 saturated heterocycles. The average molecular weight is 346 g/mol. The number of amides is 1. The molecule has 3 rings (SSSR count). The molecular formula is C20H30N2O3. The lowest BCUT2D eigenvalue weighted by Crippen LogP contribution is -2.61. The molecule has 25 heavy (non-hydrogen) atoms. The van der Waals surface area contributed by atoms with Crippen LogP contribution in [0.4, 0.5) is 4.79 Å². The number of piperidine rings is 2. The van der Waals surface area contributed by atoms with E-state index in [9.17, 15) is 9.90 Å². The highest BCUT2D eigenvalue weighted by atomic mass is 16.6. The summed E-state index contributed by atoms with van der Waals surface area (Å²) in [6.07, 6.45) is 4.46. The fraction of sp³-hybridized carbons (Fsp3) is 0.700. The van der Waals surface area contributed by atoms with Gasteiger partial charge in [-0.25, -0.2) is 4.79 Å². The van der Waals surface area contributed by atoms with Crippen LogP contribution in [0.3, 0.4) is 0 Å². The van der Waals surface area contributed by atoms with Crippen molar-refractivity contribution in [1.82, 2.24) is 9.88 Å². The van der Waals surface area contributed by atoms with Crippen LogP contribution in [0, 0.1) is 6.92 Å². The molecule has 2 aliphatic heterocycles. The molecule has 0 saturated carbocycles. The predicted octanol–water partition coefficient (Wildman–Crippen LogP) is 3.62. The number of ether oxygens (including phenoxy) is 1. The zero-order valence-corrected chi connectivity index (χ0v) is 15.8. The van der Waals surface area contributed by atoms with E-state index in [0.29, 0.717) is 19.3 Å². The Bertz CT molecular complexity index is 624. The van der Waals surface area contributed by atoms with Crippen molar-refractivity contribution < 1.29 is 14.6 Å². The summed E-state index contributed by atoms with van der Waals surface area (Å²) in [7, 11) is 0. The molecule has 1 aromatic heterocycles. The van der Waals surface area contributed by atoms with Gasteiger partial charge in [0.2, 0.25) is 0 Å². The highest BCUT2D eigenvalue weighted by Crippen LogP contribution is 2.41. The summed E-state index contributed by atoms with van der Waals surface area (Å²) in [5.74, 6) is 0. The molecule has 2 aliphatic rings. The van der Waals surface area contributed by atoms with E-state index in [4.69, 9.17) is 4.74 Å². The lowest BCUT2D eigenvalue weighted by Gasteiger charge is -2.51. The molecule has 2 fully saturated rings. The van der Waals surface area contributed by atoms with Gasteiger partial charge in [-0.15, -0.1) is 0 Å². The smallest absolute Gasteiger partial charge is 0.410 e. The zero-order chi connectivity index (χ0) is 18.2. The summed E-state index contributed by atoms with van der Waals surface area (Å²) in [6.45, 7) is 7.65. The second-order valence-corrected chi connectivity index (χ2v) is 8.71. The van der Waals surface area contributed by atoms with E-state index in [2.05, 4.69) is 4.98 Å². The fourth-order valence-corrected chi connectivity index (χ4v) is 4.32. The first-order valence-corrected chi connectivity index (χ1v) is 9.31. The first kappa shape index (κ1) is 18.2. The number of fused-ring (bicyclic) bond motifs is 2. The van der Waals surface area contributed by atoms with Gasteiger partial charge >= 0.3 is 6.09 Å². The molecule has 1 amide bonds. The quantitative estimate of drug-likeness (QED) is 0.888. The van der Waals surface area contributed by atoms with E-state index in [1.807, 2.05) is 50.8 Å². The molecule has 1 aromatic rings. The molecule has 1 N–H and O–H groups in total. The van der Waals surface area contributed by atoms with Gasteiger partial charge in [0, 0.05) is 29.9 Å². The first-order chi connectivity index (χ1) is 11.7. The minimum absolute atomic E-state index is 0.0529. The number of rotatable bonds is 2. The van der Waals surface area contributed by atoms with Crippen LogP contribution in [0.25, 0.3) is 0 Å². The maximum Gasteiger partial charge on any atom is 0.410 e. The Hall–Kier alpha value is -1.62. The molecule has 5 nitrogen and oxygen atoms in total. The number of carbonyl (C=O) groups excluding carboxylic acids is 1. The van der Waals surface area contributed by atoms with Crippen molar-refractivity contribution in [1.29, 1.82) is 0 Å². The molecule has 2 bridgehead atoms. The average Bonchev–Trinajstić information content (AvgIpc) is 2.43. The molecular weight excluding hydrogens is 316 g/mol. The number of pyridine rings is 1. The standard InChI is InChI=1S/C20H30N2O3/c1-14-7-5-8-15(21-14)11-20(24)12-16-9-6-10-17(13-20)22(16)18(23)25-19(2,3)4/h5,7-8,16-17,24H,6,9-13H2,1-4H3. The minimum atomic E-state index is -0.797. The minimum Gasteiger partial charge on any atom is -0.444 e. The van der Waals surface area contributed by atoms with E-state index in [0.717, 1.165) is 30.7 Å². The summed E-state index contributed by atoms with van der Waals surface area (Å²) >= 11 is 0. The van der Waals surface area contributed by atoms with Crippen molar-refractivity contribution in [2.75, 3.05) is 0 Å². The van der Waals surface area contributed by atoms with Crippen LogP contribution in [0.5, 0.6) is 0 Å². The summed E-state index contributed by atoms with van der Waals surface area (Å²) < 4.78 is 5.61. The number of carbonyl (C=O) groups is 1. The molecule has 0 radical (unpaired) electrons. The Morgan fingerprint density at radius 1 is 1.32 bits per heavy atom. The monoisotopic (exact) mass is 346 g/mol. The van der Waals surface area contributed by atoms with Gasteiger partial charge in [0.25, 0.3) is 0 Å². The Labute approximate surface area is 150 Å². The summed E-state index contributed by atoms with van der Waals surface area (Å²) in [5, 5.41) is 11.2. The van der Waals surface area contributed by atoms with E-state index in [-0.39, 0.29) is 18.2 Å². The van der Waals surface area contributed by atoms with Crippen molar-refractivity contribution >= 4 is 6.09 Å². The Balaban J connectivity index is 1.75. The Kier molecular flexibility index (Phi) is 4.80. The van der Waals surface area contributed by atoms with Crippen LogP contribution in [0.1, 0.15) is 64.3 Å². The molecule has 3 heterocycles. The van der Waals surface area contributed by atoms with Crippen LogP contribution >= 0.6 is 0 Å². The summed E-state index contributed by atoms with van der Waals surface area (Å²) in [4.78, 5) is 19.1. The van der Waals surface area contributed by atoms with Crippen LogP contribution in [-0.4, -0.2) is 44.4 Å². The number of aromatic nitrogens is 1.